The van der Waals surface area contributed by atoms with Gasteiger partial charge in [0, 0.05) is 4.47 Å². The molecule has 0 saturated carbocycles. The van der Waals surface area contributed by atoms with Crippen LogP contribution in [0.1, 0.15) is 23.7 Å². The van der Waals surface area contributed by atoms with E-state index in [4.69, 9.17) is 0 Å². The average molecular weight is 291 g/mol. The van der Waals surface area contributed by atoms with Gasteiger partial charge < -0.3 is 10.2 Å². The second-order valence-corrected chi connectivity index (χ2v) is 4.89. The molecule has 84 valence electrons. The minimum atomic E-state index is -0.828. The number of hydrogen-bond donors (Lipinski definition) is 3. The molecule has 0 aliphatic carbocycles. The largest absolute Gasteiger partial charge is 0.390 e. The summed E-state index contributed by atoms with van der Waals surface area (Å²) in [5.74, 6) is 0.563. The lowest BCUT2D eigenvalue weighted by atomic mass is 9.98. The zero-order valence-electron chi connectivity index (χ0n) is 8.52. The first-order valence-corrected chi connectivity index (χ1v) is 6.22. The zero-order chi connectivity index (χ0) is 11.4. The van der Waals surface area contributed by atoms with E-state index in [2.05, 4.69) is 28.6 Å². The predicted molar refractivity (Wildman–Crippen MR) is 68.3 cm³/mol. The molecule has 15 heavy (non-hydrogen) atoms. The van der Waals surface area contributed by atoms with Gasteiger partial charge in [0.25, 0.3) is 0 Å². The van der Waals surface area contributed by atoms with Crippen LogP contribution in [0.3, 0.4) is 0 Å². The number of hydrogen-bond acceptors (Lipinski definition) is 3. The van der Waals surface area contributed by atoms with Gasteiger partial charge in [-0.1, -0.05) is 22.0 Å². The summed E-state index contributed by atoms with van der Waals surface area (Å²) < 4.78 is 0.972. The molecule has 0 saturated heterocycles. The van der Waals surface area contributed by atoms with Crippen LogP contribution in [0.25, 0.3) is 0 Å². The molecule has 2 unspecified atom stereocenters. The molecule has 0 heterocycles. The summed E-state index contributed by atoms with van der Waals surface area (Å²) in [5.41, 5.74) is 1.74. The molecule has 0 spiro atoms. The molecular formula is C11H15BrO2S. The third-order valence-electron chi connectivity index (χ3n) is 2.34. The van der Waals surface area contributed by atoms with Crippen LogP contribution in [0.4, 0.5) is 0 Å². The second-order valence-electron chi connectivity index (χ2n) is 3.53. The SMILES string of the molecule is Cc1cc(Br)ccc1C(O)C(O)CCS. The molecule has 4 heteroatoms. The molecule has 2 atom stereocenters. The lowest BCUT2D eigenvalue weighted by molar-refractivity contribution is 0.0169. The molecule has 0 bridgehead atoms. The molecule has 0 radical (unpaired) electrons. The van der Waals surface area contributed by atoms with Gasteiger partial charge in [-0.25, -0.2) is 0 Å². The maximum atomic E-state index is 9.89. The van der Waals surface area contributed by atoms with Gasteiger partial charge in [-0.2, -0.15) is 12.6 Å². The highest BCUT2D eigenvalue weighted by Crippen LogP contribution is 2.25. The second kappa shape index (κ2) is 5.89. The van der Waals surface area contributed by atoms with Crippen LogP contribution in [0.5, 0.6) is 0 Å². The number of halogens is 1. The summed E-state index contributed by atoms with van der Waals surface area (Å²) in [7, 11) is 0. The van der Waals surface area contributed by atoms with Crippen LogP contribution in [0.2, 0.25) is 0 Å². The standard InChI is InChI=1S/C11H15BrO2S/c1-7-6-8(12)2-3-9(7)11(14)10(13)4-5-15/h2-3,6,10-11,13-15H,4-5H2,1H3. The maximum Gasteiger partial charge on any atom is 0.105 e. The van der Waals surface area contributed by atoms with Gasteiger partial charge in [0.15, 0.2) is 0 Å². The first-order valence-electron chi connectivity index (χ1n) is 4.79. The summed E-state index contributed by atoms with van der Waals surface area (Å²) in [6.07, 6.45) is -1.09. The first kappa shape index (κ1) is 13.0. The molecule has 0 aromatic heterocycles. The van der Waals surface area contributed by atoms with Crippen molar-refractivity contribution in [2.75, 3.05) is 5.75 Å². The maximum absolute atomic E-state index is 9.89. The fourth-order valence-electron chi connectivity index (χ4n) is 1.47. The van der Waals surface area contributed by atoms with E-state index >= 15 is 0 Å². The fourth-order valence-corrected chi connectivity index (χ4v) is 2.21. The Morgan fingerprint density at radius 2 is 2.07 bits per heavy atom. The Morgan fingerprint density at radius 3 is 2.60 bits per heavy atom. The van der Waals surface area contributed by atoms with Crippen molar-refractivity contribution >= 4 is 28.6 Å². The van der Waals surface area contributed by atoms with Gasteiger partial charge in [0.1, 0.15) is 6.10 Å². The molecule has 1 rings (SSSR count). The molecule has 0 amide bonds. The lowest BCUT2D eigenvalue weighted by Crippen LogP contribution is -2.19. The van der Waals surface area contributed by atoms with Crippen LogP contribution in [0.15, 0.2) is 22.7 Å². The van der Waals surface area contributed by atoms with Gasteiger partial charge in [0.05, 0.1) is 6.10 Å². The van der Waals surface area contributed by atoms with Gasteiger partial charge >= 0.3 is 0 Å². The van der Waals surface area contributed by atoms with Gasteiger partial charge in [0.2, 0.25) is 0 Å². The van der Waals surface area contributed by atoms with E-state index in [-0.39, 0.29) is 0 Å². The Bertz CT molecular complexity index is 330. The molecular weight excluding hydrogens is 276 g/mol. The van der Waals surface area contributed by atoms with E-state index in [1.807, 2.05) is 25.1 Å². The normalized spacial score (nSPS) is 15.0. The van der Waals surface area contributed by atoms with Crippen LogP contribution >= 0.6 is 28.6 Å². The Hall–Kier alpha value is -0.0300. The van der Waals surface area contributed by atoms with Crippen molar-refractivity contribution in [1.29, 1.82) is 0 Å². The van der Waals surface area contributed by atoms with Crippen molar-refractivity contribution in [2.45, 2.75) is 25.6 Å². The average Bonchev–Trinajstić information content (AvgIpc) is 2.17. The van der Waals surface area contributed by atoms with Crippen molar-refractivity contribution in [1.82, 2.24) is 0 Å². The first-order chi connectivity index (χ1) is 7.06. The number of aliphatic hydroxyl groups is 2. The fraction of sp³-hybridized carbons (Fsp3) is 0.455. The van der Waals surface area contributed by atoms with Crippen molar-refractivity contribution in [3.05, 3.63) is 33.8 Å². The topological polar surface area (TPSA) is 40.5 Å². The monoisotopic (exact) mass is 290 g/mol. The summed E-state index contributed by atoms with van der Waals surface area (Å²) in [6.45, 7) is 1.91. The van der Waals surface area contributed by atoms with Crippen molar-refractivity contribution < 1.29 is 10.2 Å². The highest BCUT2D eigenvalue weighted by atomic mass is 79.9. The van der Waals surface area contributed by atoms with E-state index in [0.717, 1.165) is 15.6 Å². The quantitative estimate of drug-likeness (QED) is 0.746. The Balaban J connectivity index is 2.86. The number of benzene rings is 1. The molecule has 1 aromatic rings. The molecule has 1 aromatic carbocycles. The molecule has 2 N–H and O–H groups in total. The number of rotatable bonds is 4. The third-order valence-corrected chi connectivity index (χ3v) is 3.09. The van der Waals surface area contributed by atoms with E-state index in [9.17, 15) is 10.2 Å². The highest BCUT2D eigenvalue weighted by Gasteiger charge is 2.19. The minimum Gasteiger partial charge on any atom is -0.390 e. The Morgan fingerprint density at radius 1 is 1.40 bits per heavy atom. The van der Waals surface area contributed by atoms with Crippen LogP contribution in [0, 0.1) is 6.92 Å². The van der Waals surface area contributed by atoms with E-state index in [0.29, 0.717) is 12.2 Å². The molecule has 0 aliphatic rings. The highest BCUT2D eigenvalue weighted by molar-refractivity contribution is 9.10. The summed E-state index contributed by atoms with van der Waals surface area (Å²) >= 11 is 7.39. The van der Waals surface area contributed by atoms with Gasteiger partial charge in [-0.3, -0.25) is 0 Å². The van der Waals surface area contributed by atoms with E-state index < -0.39 is 12.2 Å². The zero-order valence-corrected chi connectivity index (χ0v) is 11.0. The molecule has 0 aliphatic heterocycles. The molecule has 0 fully saturated rings. The van der Waals surface area contributed by atoms with Crippen molar-refractivity contribution in [2.24, 2.45) is 0 Å². The van der Waals surface area contributed by atoms with Crippen molar-refractivity contribution in [3.8, 4) is 0 Å². The predicted octanol–water partition coefficient (Wildman–Crippen LogP) is 2.47. The Labute approximate surface area is 104 Å². The number of aryl methyl sites for hydroxylation is 1. The van der Waals surface area contributed by atoms with E-state index in [1.54, 1.807) is 0 Å². The molecule has 2 nitrogen and oxygen atoms in total. The van der Waals surface area contributed by atoms with E-state index in [1.165, 1.54) is 0 Å². The van der Waals surface area contributed by atoms with Crippen LogP contribution in [-0.4, -0.2) is 22.1 Å². The summed E-state index contributed by atoms with van der Waals surface area (Å²) in [4.78, 5) is 0. The lowest BCUT2D eigenvalue weighted by Gasteiger charge is -2.19. The minimum absolute atomic E-state index is 0.486. The summed E-state index contributed by atoms with van der Waals surface area (Å²) in [5, 5.41) is 19.5. The summed E-state index contributed by atoms with van der Waals surface area (Å²) in [6, 6.07) is 5.61. The third kappa shape index (κ3) is 3.48. The number of thiol groups is 1. The Kier molecular flexibility index (Phi) is 5.12. The van der Waals surface area contributed by atoms with Crippen LogP contribution < -0.4 is 0 Å². The number of aliphatic hydroxyl groups excluding tert-OH is 2. The van der Waals surface area contributed by atoms with Gasteiger partial charge in [-0.05, 0) is 42.4 Å². The van der Waals surface area contributed by atoms with Crippen LogP contribution in [-0.2, 0) is 0 Å². The van der Waals surface area contributed by atoms with Gasteiger partial charge in [-0.15, -0.1) is 0 Å². The smallest absolute Gasteiger partial charge is 0.105 e. The van der Waals surface area contributed by atoms with Crippen molar-refractivity contribution in [3.63, 3.8) is 0 Å².